The number of nitro groups is 3. The van der Waals surface area contributed by atoms with Crippen molar-refractivity contribution in [2.45, 2.75) is 0 Å². The van der Waals surface area contributed by atoms with Gasteiger partial charge in [-0.3, -0.25) is 30.3 Å². The zero-order valence-corrected chi connectivity index (χ0v) is 7.62. The van der Waals surface area contributed by atoms with Gasteiger partial charge in [-0.15, -0.1) is 0 Å². The van der Waals surface area contributed by atoms with E-state index in [0.29, 0.717) is 0 Å². The summed E-state index contributed by atoms with van der Waals surface area (Å²) >= 11 is 0. The summed E-state index contributed by atoms with van der Waals surface area (Å²) < 4.78 is 25.9. The average Bonchev–Trinajstić information content (AvgIpc) is 2.14. The zero-order chi connectivity index (χ0) is 13.3. The average molecular weight is 249 g/mol. The fourth-order valence-corrected chi connectivity index (χ4v) is 1.11. The van der Waals surface area contributed by atoms with Gasteiger partial charge in [0.1, 0.15) is 0 Å². The minimum Gasteiger partial charge on any atom is -0.258 e. The van der Waals surface area contributed by atoms with Crippen molar-refractivity contribution >= 4 is 17.1 Å². The van der Waals surface area contributed by atoms with Gasteiger partial charge in [0.25, 0.3) is 0 Å². The van der Waals surface area contributed by atoms with Gasteiger partial charge in [-0.25, -0.2) is 0 Å². The molecule has 0 bridgehead atoms. The van der Waals surface area contributed by atoms with E-state index in [-0.39, 0.29) is 6.07 Å². The SMILES string of the molecule is O=[N+]([O-])c1c(F)cc(F)c([N+](=O)[O-])c1[N+](=O)[O-]. The summed E-state index contributed by atoms with van der Waals surface area (Å²) in [6.45, 7) is 0. The third kappa shape index (κ3) is 1.97. The molecule has 0 atom stereocenters. The van der Waals surface area contributed by atoms with Gasteiger partial charge < -0.3 is 0 Å². The molecule has 0 saturated heterocycles. The molecule has 90 valence electrons. The second-order valence-corrected chi connectivity index (χ2v) is 2.66. The number of nitrogens with zero attached hydrogens (tertiary/aromatic N) is 3. The first-order valence-electron chi connectivity index (χ1n) is 3.72. The first kappa shape index (κ1) is 12.4. The molecule has 0 aliphatic carbocycles. The van der Waals surface area contributed by atoms with Crippen LogP contribution in [0.3, 0.4) is 0 Å². The minimum absolute atomic E-state index is 0.150. The molecule has 0 aromatic heterocycles. The first-order chi connectivity index (χ1) is 7.77. The Morgan fingerprint density at radius 3 is 1.29 bits per heavy atom. The van der Waals surface area contributed by atoms with Crippen molar-refractivity contribution in [1.82, 2.24) is 0 Å². The summed E-state index contributed by atoms with van der Waals surface area (Å²) in [6.07, 6.45) is 0. The van der Waals surface area contributed by atoms with Crippen molar-refractivity contribution in [3.05, 3.63) is 48.0 Å². The summed E-state index contributed by atoms with van der Waals surface area (Å²) in [4.78, 5) is 26.5. The van der Waals surface area contributed by atoms with E-state index in [0.717, 1.165) is 0 Å². The van der Waals surface area contributed by atoms with E-state index >= 15 is 0 Å². The Kier molecular flexibility index (Phi) is 2.93. The van der Waals surface area contributed by atoms with Crippen LogP contribution in [0.1, 0.15) is 0 Å². The molecule has 17 heavy (non-hydrogen) atoms. The summed E-state index contributed by atoms with van der Waals surface area (Å²) in [5.74, 6) is -3.71. The normalized spacial score (nSPS) is 10.0. The molecule has 0 saturated carbocycles. The first-order valence-corrected chi connectivity index (χ1v) is 3.72. The van der Waals surface area contributed by atoms with Crippen LogP contribution in [0.2, 0.25) is 0 Å². The molecule has 0 spiro atoms. The second kappa shape index (κ2) is 4.03. The smallest absolute Gasteiger partial charge is 0.258 e. The predicted octanol–water partition coefficient (Wildman–Crippen LogP) is 1.69. The highest BCUT2D eigenvalue weighted by Crippen LogP contribution is 2.39. The van der Waals surface area contributed by atoms with E-state index in [2.05, 4.69) is 0 Å². The van der Waals surface area contributed by atoms with Crippen molar-refractivity contribution in [2.75, 3.05) is 0 Å². The van der Waals surface area contributed by atoms with Gasteiger partial charge in [-0.05, 0) is 0 Å². The van der Waals surface area contributed by atoms with Crippen molar-refractivity contribution in [1.29, 1.82) is 0 Å². The molecular formula is C6HF2N3O6. The Bertz CT molecular complexity index is 507. The van der Waals surface area contributed by atoms with E-state index in [1.807, 2.05) is 0 Å². The minimum atomic E-state index is -1.86. The van der Waals surface area contributed by atoms with Gasteiger partial charge in [-0.2, -0.15) is 8.78 Å². The summed E-state index contributed by atoms with van der Waals surface area (Å²) in [7, 11) is 0. The van der Waals surface area contributed by atoms with Crippen LogP contribution in [0.25, 0.3) is 0 Å². The van der Waals surface area contributed by atoms with Crippen molar-refractivity contribution in [3.8, 4) is 0 Å². The molecule has 1 rings (SSSR count). The molecule has 0 fully saturated rings. The second-order valence-electron chi connectivity index (χ2n) is 2.66. The highest BCUT2D eigenvalue weighted by Gasteiger charge is 2.42. The van der Waals surface area contributed by atoms with Gasteiger partial charge >= 0.3 is 17.1 Å². The zero-order valence-electron chi connectivity index (χ0n) is 7.62. The molecule has 0 N–H and O–H groups in total. The summed E-state index contributed by atoms with van der Waals surface area (Å²) in [5.41, 5.74) is -5.32. The number of hydrogen-bond donors (Lipinski definition) is 0. The van der Waals surface area contributed by atoms with Crippen LogP contribution in [0.15, 0.2) is 6.07 Å². The van der Waals surface area contributed by atoms with Crippen LogP contribution < -0.4 is 0 Å². The van der Waals surface area contributed by atoms with E-state index in [1.165, 1.54) is 0 Å². The third-order valence-corrected chi connectivity index (χ3v) is 1.70. The van der Waals surface area contributed by atoms with Crippen molar-refractivity contribution in [2.24, 2.45) is 0 Å². The standard InChI is InChI=1S/C6HF2N3O6/c7-2-1-3(8)5(10(14)15)6(11(16)17)4(2)9(12)13/h1H. The maximum atomic E-state index is 13.0. The lowest BCUT2D eigenvalue weighted by Crippen LogP contribution is -2.05. The van der Waals surface area contributed by atoms with Gasteiger partial charge in [0.05, 0.1) is 14.8 Å². The van der Waals surface area contributed by atoms with E-state index in [4.69, 9.17) is 0 Å². The predicted molar refractivity (Wildman–Crippen MR) is 46.3 cm³/mol. The quantitative estimate of drug-likeness (QED) is 0.591. The fourth-order valence-electron chi connectivity index (χ4n) is 1.11. The van der Waals surface area contributed by atoms with E-state index in [9.17, 15) is 39.1 Å². The Morgan fingerprint density at radius 2 is 1.06 bits per heavy atom. The fraction of sp³-hybridized carbons (Fsp3) is 0. The van der Waals surface area contributed by atoms with Gasteiger partial charge in [0, 0.05) is 6.07 Å². The lowest BCUT2D eigenvalue weighted by molar-refractivity contribution is -0.443. The van der Waals surface area contributed by atoms with E-state index in [1.54, 1.807) is 0 Å². The number of nitro benzene ring substituents is 3. The number of hydrogen-bond acceptors (Lipinski definition) is 6. The number of rotatable bonds is 3. The molecule has 0 amide bonds. The molecule has 0 unspecified atom stereocenters. The molecule has 0 aliphatic rings. The molecule has 0 radical (unpaired) electrons. The van der Waals surface area contributed by atoms with Crippen LogP contribution in [0.4, 0.5) is 25.8 Å². The highest BCUT2D eigenvalue weighted by atomic mass is 19.1. The summed E-state index contributed by atoms with van der Waals surface area (Å²) in [5, 5.41) is 31.1. The molecule has 0 heterocycles. The molecule has 11 heteroatoms. The van der Waals surface area contributed by atoms with Crippen LogP contribution in [0.5, 0.6) is 0 Å². The largest absolute Gasteiger partial charge is 0.428 e. The van der Waals surface area contributed by atoms with Gasteiger partial charge in [-0.1, -0.05) is 0 Å². The maximum Gasteiger partial charge on any atom is 0.428 e. The lowest BCUT2D eigenvalue weighted by Gasteiger charge is -1.98. The molecule has 9 nitrogen and oxygen atoms in total. The number of benzene rings is 1. The van der Waals surface area contributed by atoms with Gasteiger partial charge in [0.15, 0.2) is 0 Å². The molecule has 0 aliphatic heterocycles. The Hall–Kier alpha value is -2.72. The maximum absolute atomic E-state index is 13.0. The van der Waals surface area contributed by atoms with Crippen LogP contribution >= 0.6 is 0 Å². The Morgan fingerprint density at radius 1 is 0.765 bits per heavy atom. The van der Waals surface area contributed by atoms with Crippen molar-refractivity contribution in [3.63, 3.8) is 0 Å². The Balaban J connectivity index is 3.85. The van der Waals surface area contributed by atoms with E-state index < -0.39 is 43.5 Å². The lowest BCUT2D eigenvalue weighted by atomic mass is 10.2. The summed E-state index contributed by atoms with van der Waals surface area (Å²) in [6, 6.07) is -0.150. The van der Waals surface area contributed by atoms with Gasteiger partial charge in [0.2, 0.25) is 11.6 Å². The third-order valence-electron chi connectivity index (χ3n) is 1.70. The molecular weight excluding hydrogens is 248 g/mol. The molecule has 1 aromatic carbocycles. The topological polar surface area (TPSA) is 129 Å². The van der Waals surface area contributed by atoms with Crippen LogP contribution in [-0.4, -0.2) is 14.8 Å². The van der Waals surface area contributed by atoms with Crippen molar-refractivity contribution < 1.29 is 23.6 Å². The van der Waals surface area contributed by atoms with Crippen LogP contribution in [0, 0.1) is 42.0 Å². The Labute approximate surface area is 89.7 Å². The molecule has 1 aromatic rings. The van der Waals surface area contributed by atoms with Crippen LogP contribution in [-0.2, 0) is 0 Å². The number of halogens is 2. The monoisotopic (exact) mass is 249 g/mol. The highest BCUT2D eigenvalue weighted by molar-refractivity contribution is 5.66.